The van der Waals surface area contributed by atoms with Gasteiger partial charge in [0, 0.05) is 17.6 Å². The van der Waals surface area contributed by atoms with Crippen LogP contribution in [-0.4, -0.2) is 23.6 Å². The first-order valence-corrected chi connectivity index (χ1v) is 4.55. The summed E-state index contributed by atoms with van der Waals surface area (Å²) in [5.74, 6) is 0.635. The number of hydrogen-bond donors (Lipinski definition) is 2. The maximum absolute atomic E-state index is 5.52. The Morgan fingerprint density at radius 3 is 3.14 bits per heavy atom. The van der Waals surface area contributed by atoms with Gasteiger partial charge in [-0.3, -0.25) is 0 Å². The van der Waals surface area contributed by atoms with Crippen molar-refractivity contribution >= 4 is 10.9 Å². The summed E-state index contributed by atoms with van der Waals surface area (Å²) in [6.07, 6.45) is 4.61. The van der Waals surface area contributed by atoms with Gasteiger partial charge in [-0.25, -0.2) is 4.98 Å². The summed E-state index contributed by atoms with van der Waals surface area (Å²) in [6, 6.07) is 1.93. The van der Waals surface area contributed by atoms with Gasteiger partial charge in [0.05, 0.1) is 18.8 Å². The van der Waals surface area contributed by atoms with E-state index in [0.717, 1.165) is 17.3 Å². The Morgan fingerprint density at radius 2 is 2.43 bits per heavy atom. The zero-order valence-electron chi connectivity index (χ0n) is 8.08. The third kappa shape index (κ3) is 1.44. The molecule has 0 radical (unpaired) electrons. The number of H-pyrrole nitrogens is 1. The molecule has 4 nitrogen and oxygen atoms in total. The predicted molar refractivity (Wildman–Crippen MR) is 55.4 cm³/mol. The predicted octanol–water partition coefficient (Wildman–Crippen LogP) is 1.07. The van der Waals surface area contributed by atoms with Gasteiger partial charge in [-0.15, -0.1) is 0 Å². The van der Waals surface area contributed by atoms with E-state index in [2.05, 4.69) is 9.97 Å². The minimum atomic E-state index is 0.635. The summed E-state index contributed by atoms with van der Waals surface area (Å²) in [4.78, 5) is 7.26. The van der Waals surface area contributed by atoms with Gasteiger partial charge in [0.2, 0.25) is 5.88 Å². The van der Waals surface area contributed by atoms with Gasteiger partial charge in [-0.05, 0) is 18.5 Å². The molecule has 0 saturated carbocycles. The van der Waals surface area contributed by atoms with Crippen LogP contribution in [0, 0.1) is 0 Å². The molecule has 0 aliphatic carbocycles. The van der Waals surface area contributed by atoms with Crippen molar-refractivity contribution in [2.45, 2.75) is 6.42 Å². The molecule has 2 rings (SSSR count). The summed E-state index contributed by atoms with van der Waals surface area (Å²) in [5.41, 5.74) is 7.75. The second-order valence-corrected chi connectivity index (χ2v) is 3.12. The third-order valence-electron chi connectivity index (χ3n) is 2.25. The van der Waals surface area contributed by atoms with Gasteiger partial charge >= 0.3 is 0 Å². The summed E-state index contributed by atoms with van der Waals surface area (Å²) in [5, 5.41) is 1.14. The molecule has 4 heteroatoms. The van der Waals surface area contributed by atoms with Crippen LogP contribution < -0.4 is 10.5 Å². The van der Waals surface area contributed by atoms with E-state index in [-0.39, 0.29) is 0 Å². The van der Waals surface area contributed by atoms with Crippen LogP contribution in [0.2, 0.25) is 0 Å². The highest BCUT2D eigenvalue weighted by Gasteiger charge is 2.04. The normalized spacial score (nSPS) is 10.7. The Morgan fingerprint density at radius 1 is 1.57 bits per heavy atom. The van der Waals surface area contributed by atoms with Gasteiger partial charge in [-0.1, -0.05) is 0 Å². The highest BCUT2D eigenvalue weighted by Crippen LogP contribution is 2.21. The van der Waals surface area contributed by atoms with Gasteiger partial charge in [0.25, 0.3) is 0 Å². The van der Waals surface area contributed by atoms with Crippen molar-refractivity contribution in [3.05, 3.63) is 24.0 Å². The van der Waals surface area contributed by atoms with Crippen molar-refractivity contribution in [3.8, 4) is 5.88 Å². The third-order valence-corrected chi connectivity index (χ3v) is 2.25. The van der Waals surface area contributed by atoms with Crippen molar-refractivity contribution in [1.82, 2.24) is 9.97 Å². The lowest BCUT2D eigenvalue weighted by molar-refractivity contribution is 0.398. The van der Waals surface area contributed by atoms with E-state index in [1.54, 1.807) is 13.3 Å². The van der Waals surface area contributed by atoms with Crippen LogP contribution in [0.4, 0.5) is 0 Å². The number of methoxy groups -OCH3 is 1. The number of nitrogens with zero attached hydrogens (tertiary/aromatic N) is 1. The Hall–Kier alpha value is -1.55. The fraction of sp³-hybridized carbons (Fsp3) is 0.300. The molecule has 0 unspecified atom stereocenters. The zero-order valence-corrected chi connectivity index (χ0v) is 8.08. The van der Waals surface area contributed by atoms with E-state index < -0.39 is 0 Å². The van der Waals surface area contributed by atoms with E-state index in [1.165, 1.54) is 5.56 Å². The Kier molecular flexibility index (Phi) is 2.37. The minimum Gasteiger partial charge on any atom is -0.481 e. The van der Waals surface area contributed by atoms with Gasteiger partial charge in [0.15, 0.2) is 0 Å². The first-order valence-electron chi connectivity index (χ1n) is 4.55. The standard InChI is InChI=1S/C10H13N3O/c1-14-10-4-8-7(2-3-11)5-12-9(8)6-13-10/h4-6,12H,2-3,11H2,1H3. The number of nitrogens with one attached hydrogen (secondary N) is 1. The van der Waals surface area contributed by atoms with Gasteiger partial charge in [-0.2, -0.15) is 0 Å². The first-order chi connectivity index (χ1) is 6.85. The lowest BCUT2D eigenvalue weighted by Gasteiger charge is -1.99. The van der Waals surface area contributed by atoms with E-state index in [4.69, 9.17) is 10.5 Å². The Bertz CT molecular complexity index is 436. The van der Waals surface area contributed by atoms with E-state index in [0.29, 0.717) is 12.4 Å². The van der Waals surface area contributed by atoms with Crippen LogP contribution in [-0.2, 0) is 6.42 Å². The lowest BCUT2D eigenvalue weighted by atomic mass is 10.1. The van der Waals surface area contributed by atoms with E-state index >= 15 is 0 Å². The SMILES string of the molecule is COc1cc2c(CCN)c[nH]c2cn1. The quantitative estimate of drug-likeness (QED) is 0.762. The Labute approximate surface area is 82.1 Å². The molecule has 0 spiro atoms. The van der Waals surface area contributed by atoms with Crippen molar-refractivity contribution in [3.63, 3.8) is 0 Å². The number of aromatic nitrogens is 2. The number of ether oxygens (including phenoxy) is 1. The average Bonchev–Trinajstić information content (AvgIpc) is 2.61. The molecule has 0 aliphatic heterocycles. The smallest absolute Gasteiger partial charge is 0.213 e. The molecule has 14 heavy (non-hydrogen) atoms. The summed E-state index contributed by atoms with van der Waals surface area (Å²) in [7, 11) is 1.61. The van der Waals surface area contributed by atoms with Crippen molar-refractivity contribution in [2.75, 3.05) is 13.7 Å². The largest absolute Gasteiger partial charge is 0.481 e. The molecule has 0 fully saturated rings. The highest BCUT2D eigenvalue weighted by atomic mass is 16.5. The molecule has 0 saturated heterocycles. The van der Waals surface area contributed by atoms with Gasteiger partial charge in [0.1, 0.15) is 0 Å². The molecular formula is C10H13N3O. The van der Waals surface area contributed by atoms with E-state index in [1.807, 2.05) is 12.3 Å². The van der Waals surface area contributed by atoms with Gasteiger partial charge < -0.3 is 15.5 Å². The number of nitrogens with two attached hydrogens (primary N) is 1. The highest BCUT2D eigenvalue weighted by molar-refractivity contribution is 5.83. The second kappa shape index (κ2) is 3.67. The van der Waals surface area contributed by atoms with Crippen LogP contribution in [0.15, 0.2) is 18.5 Å². The summed E-state index contributed by atoms with van der Waals surface area (Å²) in [6.45, 7) is 0.650. The lowest BCUT2D eigenvalue weighted by Crippen LogP contribution is -2.01. The second-order valence-electron chi connectivity index (χ2n) is 3.12. The topological polar surface area (TPSA) is 63.9 Å². The van der Waals surface area contributed by atoms with Crippen molar-refractivity contribution in [2.24, 2.45) is 5.73 Å². The fourth-order valence-electron chi connectivity index (χ4n) is 1.53. The molecule has 3 N–H and O–H groups in total. The molecule has 0 atom stereocenters. The molecule has 2 aromatic rings. The molecule has 0 aliphatic rings. The maximum Gasteiger partial charge on any atom is 0.213 e. The number of aromatic amines is 1. The number of hydrogen-bond acceptors (Lipinski definition) is 3. The summed E-state index contributed by atoms with van der Waals surface area (Å²) < 4.78 is 5.07. The van der Waals surface area contributed by atoms with Crippen molar-refractivity contribution < 1.29 is 4.74 Å². The number of pyridine rings is 1. The number of fused-ring (bicyclic) bond motifs is 1. The molecule has 0 aromatic carbocycles. The van der Waals surface area contributed by atoms with Crippen LogP contribution in [0.5, 0.6) is 5.88 Å². The first kappa shape index (κ1) is 9.02. The van der Waals surface area contributed by atoms with Crippen LogP contribution >= 0.6 is 0 Å². The molecule has 0 bridgehead atoms. The minimum absolute atomic E-state index is 0.635. The summed E-state index contributed by atoms with van der Waals surface area (Å²) >= 11 is 0. The zero-order chi connectivity index (χ0) is 9.97. The molecule has 2 aromatic heterocycles. The molecular weight excluding hydrogens is 178 g/mol. The van der Waals surface area contributed by atoms with Crippen LogP contribution in [0.25, 0.3) is 10.9 Å². The van der Waals surface area contributed by atoms with Crippen molar-refractivity contribution in [1.29, 1.82) is 0 Å². The number of rotatable bonds is 3. The maximum atomic E-state index is 5.52. The average molecular weight is 191 g/mol. The van der Waals surface area contributed by atoms with Crippen LogP contribution in [0.1, 0.15) is 5.56 Å². The molecule has 0 amide bonds. The monoisotopic (exact) mass is 191 g/mol. The molecule has 2 heterocycles. The molecule has 74 valence electrons. The van der Waals surface area contributed by atoms with Crippen LogP contribution in [0.3, 0.4) is 0 Å². The fourth-order valence-corrected chi connectivity index (χ4v) is 1.53. The van der Waals surface area contributed by atoms with E-state index in [9.17, 15) is 0 Å². The Balaban J connectivity index is 2.52.